The molecule has 3 aromatic rings. The lowest BCUT2D eigenvalue weighted by atomic mass is 10.1. The molecule has 2 aromatic carbocycles. The number of rotatable bonds is 6. The zero-order valence-electron chi connectivity index (χ0n) is 13.9. The zero-order valence-corrected chi connectivity index (χ0v) is 13.9. The van der Waals surface area contributed by atoms with Crippen LogP contribution in [-0.4, -0.2) is 27.8 Å². The number of nitrogens with two attached hydrogens (primary N) is 1. The maximum Gasteiger partial charge on any atom is 0.240 e. The molecule has 0 saturated heterocycles. The summed E-state index contributed by atoms with van der Waals surface area (Å²) in [6.45, 7) is 0. The molecule has 132 valence electrons. The Hall–Kier alpha value is -3.35. The number of carbonyl (C=O) groups is 2. The van der Waals surface area contributed by atoms with Crippen molar-refractivity contribution in [2.24, 2.45) is 5.73 Å². The summed E-state index contributed by atoms with van der Waals surface area (Å²) >= 11 is 0. The van der Waals surface area contributed by atoms with Crippen molar-refractivity contribution in [3.8, 4) is 0 Å². The molecule has 1 aromatic heterocycles. The third-order valence-corrected chi connectivity index (χ3v) is 3.84. The Bertz CT molecular complexity index is 961. The van der Waals surface area contributed by atoms with Crippen LogP contribution < -0.4 is 11.1 Å². The Morgan fingerprint density at radius 1 is 1.12 bits per heavy atom. The molecule has 0 bridgehead atoms. The Labute approximate surface area is 149 Å². The lowest BCUT2D eigenvalue weighted by Gasteiger charge is -2.15. The third-order valence-electron chi connectivity index (χ3n) is 3.84. The van der Waals surface area contributed by atoms with E-state index in [9.17, 15) is 14.0 Å². The summed E-state index contributed by atoms with van der Waals surface area (Å²) < 4.78 is 13.2. The topological polar surface area (TPSA) is 98.0 Å². The van der Waals surface area contributed by atoms with Gasteiger partial charge in [0.05, 0.1) is 23.1 Å². The Morgan fingerprint density at radius 3 is 2.62 bits per heavy atom. The van der Waals surface area contributed by atoms with E-state index in [2.05, 4.69) is 15.3 Å². The van der Waals surface area contributed by atoms with Crippen LogP contribution in [0.4, 0.5) is 4.39 Å². The molecular formula is C19H17FN4O2. The molecule has 0 unspecified atom stereocenters. The molecule has 0 radical (unpaired) electrons. The van der Waals surface area contributed by atoms with E-state index in [-0.39, 0.29) is 12.8 Å². The Balaban J connectivity index is 1.70. The Morgan fingerprint density at radius 2 is 1.88 bits per heavy atom. The van der Waals surface area contributed by atoms with Crippen molar-refractivity contribution in [3.05, 3.63) is 71.8 Å². The number of primary amides is 1. The average molecular weight is 352 g/mol. The number of carbonyl (C=O) groups excluding carboxylic acids is 2. The fourth-order valence-electron chi connectivity index (χ4n) is 2.60. The predicted octanol–water partition coefficient (Wildman–Crippen LogP) is 1.52. The van der Waals surface area contributed by atoms with Crippen LogP contribution in [-0.2, 0) is 22.4 Å². The third kappa shape index (κ3) is 4.38. The number of nitrogens with one attached hydrogen (secondary N) is 1. The molecule has 0 aliphatic carbocycles. The van der Waals surface area contributed by atoms with Gasteiger partial charge in [0.15, 0.2) is 0 Å². The van der Waals surface area contributed by atoms with Crippen molar-refractivity contribution >= 4 is 22.8 Å². The molecular weight excluding hydrogens is 335 g/mol. The van der Waals surface area contributed by atoms with Gasteiger partial charge in [0.2, 0.25) is 11.8 Å². The van der Waals surface area contributed by atoms with Crippen LogP contribution in [0.3, 0.4) is 0 Å². The van der Waals surface area contributed by atoms with E-state index in [1.54, 1.807) is 12.3 Å². The second-order valence-corrected chi connectivity index (χ2v) is 5.88. The van der Waals surface area contributed by atoms with E-state index in [0.29, 0.717) is 16.8 Å². The minimum Gasteiger partial charge on any atom is -0.368 e. The van der Waals surface area contributed by atoms with Crippen molar-refractivity contribution in [2.45, 2.75) is 18.9 Å². The van der Waals surface area contributed by atoms with Gasteiger partial charge in [-0.15, -0.1) is 0 Å². The fourth-order valence-corrected chi connectivity index (χ4v) is 2.60. The summed E-state index contributed by atoms with van der Waals surface area (Å²) in [5.74, 6) is -1.52. The second kappa shape index (κ2) is 7.69. The molecule has 0 aliphatic rings. The smallest absolute Gasteiger partial charge is 0.240 e. The molecule has 3 rings (SSSR count). The van der Waals surface area contributed by atoms with Crippen molar-refractivity contribution in [1.82, 2.24) is 15.3 Å². The number of amides is 2. The van der Waals surface area contributed by atoms with Gasteiger partial charge in [0.1, 0.15) is 11.9 Å². The summed E-state index contributed by atoms with van der Waals surface area (Å²) in [6, 6.07) is 12.1. The second-order valence-electron chi connectivity index (χ2n) is 5.88. The van der Waals surface area contributed by atoms with Crippen LogP contribution >= 0.6 is 0 Å². The lowest BCUT2D eigenvalue weighted by Crippen LogP contribution is -2.46. The molecule has 0 aliphatic heterocycles. The standard InChI is InChI=1S/C19H17FN4O2/c20-13-5-3-4-12(8-13)9-18(25)24-17(19(21)26)10-14-11-22-15-6-1-2-7-16(15)23-14/h1-8,11,17H,9-10H2,(H2,21,26)(H,24,25)/t17-/m0/s1. The lowest BCUT2D eigenvalue weighted by molar-refractivity contribution is -0.127. The van der Waals surface area contributed by atoms with Gasteiger partial charge < -0.3 is 11.1 Å². The molecule has 0 fully saturated rings. The number of para-hydroxylation sites is 2. The SMILES string of the molecule is NC(=O)[C@H](Cc1cnc2ccccc2n1)NC(=O)Cc1cccc(F)c1. The number of nitrogens with zero attached hydrogens (tertiary/aromatic N) is 2. The molecule has 1 atom stereocenters. The number of benzene rings is 2. The van der Waals surface area contributed by atoms with E-state index < -0.39 is 23.7 Å². The number of hydrogen-bond donors (Lipinski definition) is 2. The van der Waals surface area contributed by atoms with Gasteiger partial charge in [-0.05, 0) is 29.8 Å². The monoisotopic (exact) mass is 352 g/mol. The van der Waals surface area contributed by atoms with Gasteiger partial charge in [-0.3, -0.25) is 14.6 Å². The van der Waals surface area contributed by atoms with Crippen molar-refractivity contribution in [2.75, 3.05) is 0 Å². The normalized spacial score (nSPS) is 11.9. The maximum atomic E-state index is 13.2. The Kier molecular flexibility index (Phi) is 5.17. The van der Waals surface area contributed by atoms with Crippen LogP contribution in [0.25, 0.3) is 11.0 Å². The first kappa shape index (κ1) is 17.5. The molecule has 3 N–H and O–H groups in total. The minimum absolute atomic E-state index is 0.0507. The molecule has 6 nitrogen and oxygen atoms in total. The highest BCUT2D eigenvalue weighted by molar-refractivity contribution is 5.87. The molecule has 2 amide bonds. The first-order valence-corrected chi connectivity index (χ1v) is 8.05. The number of aromatic nitrogens is 2. The van der Waals surface area contributed by atoms with Crippen molar-refractivity contribution in [3.63, 3.8) is 0 Å². The van der Waals surface area contributed by atoms with E-state index in [1.165, 1.54) is 18.2 Å². The van der Waals surface area contributed by atoms with Gasteiger partial charge in [-0.2, -0.15) is 0 Å². The minimum atomic E-state index is -0.925. The van der Waals surface area contributed by atoms with Crippen LogP contribution in [0.15, 0.2) is 54.7 Å². The number of halogens is 1. The fraction of sp³-hybridized carbons (Fsp3) is 0.158. The quantitative estimate of drug-likeness (QED) is 0.703. The number of hydrogen-bond acceptors (Lipinski definition) is 4. The highest BCUT2D eigenvalue weighted by Gasteiger charge is 2.20. The van der Waals surface area contributed by atoms with Gasteiger partial charge in [0.25, 0.3) is 0 Å². The van der Waals surface area contributed by atoms with E-state index in [0.717, 1.165) is 5.52 Å². The van der Waals surface area contributed by atoms with Crippen molar-refractivity contribution < 1.29 is 14.0 Å². The summed E-state index contributed by atoms with van der Waals surface area (Å²) in [7, 11) is 0. The largest absolute Gasteiger partial charge is 0.368 e. The molecule has 26 heavy (non-hydrogen) atoms. The van der Waals surface area contributed by atoms with E-state index in [1.807, 2.05) is 24.3 Å². The van der Waals surface area contributed by atoms with Crippen LogP contribution in [0.2, 0.25) is 0 Å². The van der Waals surface area contributed by atoms with Gasteiger partial charge in [0, 0.05) is 12.6 Å². The molecule has 1 heterocycles. The zero-order chi connectivity index (χ0) is 18.5. The summed E-state index contributed by atoms with van der Waals surface area (Å²) in [6.07, 6.45) is 1.63. The van der Waals surface area contributed by atoms with Crippen LogP contribution in [0, 0.1) is 5.82 Å². The van der Waals surface area contributed by atoms with E-state index in [4.69, 9.17) is 5.73 Å². The van der Waals surface area contributed by atoms with Crippen LogP contribution in [0.1, 0.15) is 11.3 Å². The first-order chi connectivity index (χ1) is 12.5. The van der Waals surface area contributed by atoms with Gasteiger partial charge >= 0.3 is 0 Å². The molecule has 0 saturated carbocycles. The highest BCUT2D eigenvalue weighted by atomic mass is 19.1. The summed E-state index contributed by atoms with van der Waals surface area (Å²) in [4.78, 5) is 32.6. The van der Waals surface area contributed by atoms with Crippen LogP contribution in [0.5, 0.6) is 0 Å². The highest BCUT2D eigenvalue weighted by Crippen LogP contribution is 2.10. The van der Waals surface area contributed by atoms with Gasteiger partial charge in [-0.1, -0.05) is 24.3 Å². The summed E-state index contributed by atoms with van der Waals surface area (Å²) in [5.41, 5.74) is 7.88. The average Bonchev–Trinajstić information content (AvgIpc) is 2.61. The van der Waals surface area contributed by atoms with Gasteiger partial charge in [-0.25, -0.2) is 9.37 Å². The van der Waals surface area contributed by atoms with E-state index >= 15 is 0 Å². The van der Waals surface area contributed by atoms with Crippen molar-refractivity contribution in [1.29, 1.82) is 0 Å². The number of fused-ring (bicyclic) bond motifs is 1. The summed E-state index contributed by atoms with van der Waals surface area (Å²) in [5, 5.41) is 2.58. The maximum absolute atomic E-state index is 13.2. The predicted molar refractivity (Wildman–Crippen MR) is 94.5 cm³/mol. The first-order valence-electron chi connectivity index (χ1n) is 8.05. The molecule has 7 heteroatoms. The molecule has 0 spiro atoms.